The van der Waals surface area contributed by atoms with Crippen molar-refractivity contribution in [2.45, 2.75) is 31.8 Å². The number of aromatic amines is 1. The van der Waals surface area contributed by atoms with Crippen molar-refractivity contribution >= 4 is 51.7 Å². The number of anilines is 1. The van der Waals surface area contributed by atoms with Crippen LogP contribution in [0.15, 0.2) is 30.3 Å². The van der Waals surface area contributed by atoms with Crippen molar-refractivity contribution in [2.24, 2.45) is 0 Å². The molecule has 1 aromatic heterocycles. The maximum Gasteiger partial charge on any atom is 0.227 e. The van der Waals surface area contributed by atoms with Crippen LogP contribution < -0.4 is 15.5 Å². The van der Waals surface area contributed by atoms with E-state index in [9.17, 15) is 9.59 Å². The molecule has 36 heavy (non-hydrogen) atoms. The van der Waals surface area contributed by atoms with Crippen molar-refractivity contribution in [3.05, 3.63) is 57.6 Å². The largest absolute Gasteiger partial charge is 0.367 e. The van der Waals surface area contributed by atoms with Gasteiger partial charge in [0.2, 0.25) is 11.8 Å². The number of fused-ring (bicyclic) bond motifs is 1. The molecule has 0 aliphatic carbocycles. The van der Waals surface area contributed by atoms with E-state index in [4.69, 9.17) is 23.2 Å². The highest BCUT2D eigenvalue weighted by atomic mass is 35.5. The third-order valence-corrected chi connectivity index (χ3v) is 7.54. The van der Waals surface area contributed by atoms with Crippen LogP contribution in [-0.2, 0) is 16.1 Å². The average Bonchev–Trinajstić information content (AvgIpc) is 3.40. The highest BCUT2D eigenvalue weighted by Crippen LogP contribution is 2.31. The number of benzene rings is 2. The molecule has 2 atom stereocenters. The Bertz CT molecular complexity index is 1270. The summed E-state index contributed by atoms with van der Waals surface area (Å²) in [7, 11) is 0. The van der Waals surface area contributed by atoms with Crippen molar-refractivity contribution in [1.82, 2.24) is 25.5 Å². The van der Waals surface area contributed by atoms with Gasteiger partial charge in [-0.05, 0) is 36.2 Å². The molecule has 0 saturated carbocycles. The third-order valence-electron chi connectivity index (χ3n) is 6.81. The van der Waals surface area contributed by atoms with Crippen LogP contribution in [0.25, 0.3) is 11.0 Å². The first-order valence-electron chi connectivity index (χ1n) is 11.9. The predicted octanol–water partition coefficient (Wildman–Crippen LogP) is 3.44. The van der Waals surface area contributed by atoms with Gasteiger partial charge in [-0.1, -0.05) is 29.3 Å². The van der Waals surface area contributed by atoms with Crippen molar-refractivity contribution in [3.63, 3.8) is 0 Å². The Morgan fingerprint density at radius 2 is 1.92 bits per heavy atom. The van der Waals surface area contributed by atoms with E-state index in [2.05, 4.69) is 25.5 Å². The maximum absolute atomic E-state index is 15.1. The van der Waals surface area contributed by atoms with Gasteiger partial charge in [-0.15, -0.1) is 0 Å². The van der Waals surface area contributed by atoms with Gasteiger partial charge in [0, 0.05) is 45.7 Å². The minimum absolute atomic E-state index is 0.138. The monoisotopic (exact) mass is 532 g/mol. The van der Waals surface area contributed by atoms with E-state index in [1.54, 1.807) is 18.2 Å². The van der Waals surface area contributed by atoms with Crippen molar-refractivity contribution in [1.29, 1.82) is 0 Å². The fraction of sp³-hybridized carbons (Fsp3) is 0.400. The lowest BCUT2D eigenvalue weighted by molar-refractivity contribution is -0.121. The second-order valence-corrected chi connectivity index (χ2v) is 10.2. The van der Waals surface area contributed by atoms with Crippen LogP contribution >= 0.6 is 23.2 Å². The Kier molecular flexibility index (Phi) is 7.05. The van der Waals surface area contributed by atoms with Gasteiger partial charge in [-0.3, -0.25) is 14.5 Å². The summed E-state index contributed by atoms with van der Waals surface area (Å²) in [5.41, 5.74) is 2.82. The summed E-state index contributed by atoms with van der Waals surface area (Å²) in [6.45, 7) is 5.33. The van der Waals surface area contributed by atoms with E-state index in [1.165, 1.54) is 13.0 Å². The lowest BCUT2D eigenvalue weighted by Crippen LogP contribution is -2.46. The lowest BCUT2D eigenvalue weighted by atomic mass is 9.95. The molecule has 0 bridgehead atoms. The average molecular weight is 533 g/mol. The summed E-state index contributed by atoms with van der Waals surface area (Å²) in [5, 5.41) is 6.56. The zero-order valence-electron chi connectivity index (χ0n) is 19.8. The SMILES string of the molecule is CC(=O)NCC1C[C@@H](c2ccc(N3CCN(Cc4nc5cc(Cl)c(Cl)cc5[nH]4)CC3)c(F)c2)C(=O)N1. The van der Waals surface area contributed by atoms with Gasteiger partial charge < -0.3 is 20.5 Å². The Hall–Kier alpha value is -2.88. The second kappa shape index (κ2) is 10.2. The zero-order valence-corrected chi connectivity index (χ0v) is 21.3. The molecule has 2 aromatic carbocycles. The first-order valence-corrected chi connectivity index (χ1v) is 12.7. The summed E-state index contributed by atoms with van der Waals surface area (Å²) in [5.74, 6) is -0.196. The zero-order chi connectivity index (χ0) is 25.4. The number of piperazine rings is 1. The van der Waals surface area contributed by atoms with E-state index in [0.717, 1.165) is 29.9 Å². The van der Waals surface area contributed by atoms with Gasteiger partial charge in [-0.2, -0.15) is 0 Å². The van der Waals surface area contributed by atoms with E-state index in [1.807, 2.05) is 11.0 Å². The quantitative estimate of drug-likeness (QED) is 0.452. The molecular weight excluding hydrogens is 506 g/mol. The van der Waals surface area contributed by atoms with E-state index in [-0.39, 0.29) is 23.7 Å². The molecule has 0 radical (unpaired) electrons. The topological polar surface area (TPSA) is 93.4 Å². The molecule has 2 fully saturated rings. The minimum Gasteiger partial charge on any atom is -0.367 e. The summed E-state index contributed by atoms with van der Waals surface area (Å²) in [4.78, 5) is 35.8. The molecular formula is C25H27Cl2FN6O2. The third kappa shape index (κ3) is 5.28. The molecule has 5 rings (SSSR count). The van der Waals surface area contributed by atoms with Crippen molar-refractivity contribution in [2.75, 3.05) is 37.6 Å². The molecule has 1 unspecified atom stereocenters. The van der Waals surface area contributed by atoms with Crippen LogP contribution in [0.2, 0.25) is 10.0 Å². The number of carbonyl (C=O) groups is 2. The summed E-state index contributed by atoms with van der Waals surface area (Å²) in [6.07, 6.45) is 0.525. The van der Waals surface area contributed by atoms with Crippen molar-refractivity contribution < 1.29 is 14.0 Å². The smallest absolute Gasteiger partial charge is 0.227 e. The number of hydrogen-bond acceptors (Lipinski definition) is 5. The van der Waals surface area contributed by atoms with Gasteiger partial charge in [0.1, 0.15) is 11.6 Å². The number of hydrogen-bond donors (Lipinski definition) is 3. The van der Waals surface area contributed by atoms with Gasteiger partial charge >= 0.3 is 0 Å². The van der Waals surface area contributed by atoms with Gasteiger partial charge in [-0.25, -0.2) is 9.37 Å². The first kappa shape index (κ1) is 24.8. The Labute approximate surface area is 218 Å². The molecule has 190 valence electrons. The summed E-state index contributed by atoms with van der Waals surface area (Å²) >= 11 is 12.2. The van der Waals surface area contributed by atoms with Crippen LogP contribution in [0.3, 0.4) is 0 Å². The molecule has 2 aliphatic rings. The number of H-pyrrole nitrogens is 1. The molecule has 2 saturated heterocycles. The number of nitrogens with one attached hydrogen (secondary N) is 3. The van der Waals surface area contributed by atoms with Gasteiger partial charge in [0.25, 0.3) is 0 Å². The minimum atomic E-state index is -0.419. The number of nitrogens with zero attached hydrogens (tertiary/aromatic N) is 3. The number of aromatic nitrogens is 2. The fourth-order valence-corrected chi connectivity index (χ4v) is 5.25. The summed E-state index contributed by atoms with van der Waals surface area (Å²) < 4.78 is 15.1. The standard InChI is InChI=1S/C25H27Cl2FN6O2/c1-14(35)29-12-16-9-17(25(36)30-16)15-2-3-23(20(28)8-15)34-6-4-33(5-7-34)13-24-31-21-10-18(26)19(27)11-22(21)32-24/h2-3,8,10-11,16-17H,4-7,9,12-13H2,1H3,(H,29,35)(H,30,36)(H,31,32)/t16?,17-/m0/s1. The van der Waals surface area contributed by atoms with Crippen LogP contribution in [0, 0.1) is 5.82 Å². The van der Waals surface area contributed by atoms with Crippen LogP contribution in [0.4, 0.5) is 10.1 Å². The Morgan fingerprint density at radius 1 is 1.17 bits per heavy atom. The Balaban J connectivity index is 1.18. The van der Waals surface area contributed by atoms with Gasteiger partial charge in [0.05, 0.1) is 39.2 Å². The number of amides is 2. The van der Waals surface area contributed by atoms with E-state index in [0.29, 0.717) is 53.9 Å². The number of halogens is 3. The second-order valence-electron chi connectivity index (χ2n) is 9.37. The van der Waals surface area contributed by atoms with E-state index < -0.39 is 5.92 Å². The van der Waals surface area contributed by atoms with Crippen LogP contribution in [0.5, 0.6) is 0 Å². The number of carbonyl (C=O) groups excluding carboxylic acids is 2. The van der Waals surface area contributed by atoms with Crippen LogP contribution in [-0.4, -0.2) is 65.4 Å². The molecule has 3 aromatic rings. The van der Waals surface area contributed by atoms with E-state index >= 15 is 4.39 Å². The molecule has 3 heterocycles. The van der Waals surface area contributed by atoms with Gasteiger partial charge in [0.15, 0.2) is 0 Å². The molecule has 2 aliphatic heterocycles. The molecule has 3 N–H and O–H groups in total. The highest BCUT2D eigenvalue weighted by Gasteiger charge is 2.33. The molecule has 11 heteroatoms. The predicted molar refractivity (Wildman–Crippen MR) is 138 cm³/mol. The normalized spacial score (nSPS) is 20.7. The van der Waals surface area contributed by atoms with Crippen LogP contribution in [0.1, 0.15) is 30.7 Å². The number of rotatable bonds is 6. The van der Waals surface area contributed by atoms with Crippen molar-refractivity contribution in [3.8, 4) is 0 Å². The maximum atomic E-state index is 15.1. The highest BCUT2D eigenvalue weighted by molar-refractivity contribution is 6.42. The molecule has 8 nitrogen and oxygen atoms in total. The molecule has 2 amide bonds. The first-order chi connectivity index (χ1) is 17.3. The number of imidazole rings is 1. The lowest BCUT2D eigenvalue weighted by Gasteiger charge is -2.36. The fourth-order valence-electron chi connectivity index (χ4n) is 4.93. The molecule has 0 spiro atoms. The Morgan fingerprint density at radius 3 is 2.64 bits per heavy atom. The summed E-state index contributed by atoms with van der Waals surface area (Å²) in [6, 6.07) is 8.45.